The van der Waals surface area contributed by atoms with E-state index < -0.39 is 0 Å². The molecule has 0 saturated heterocycles. The number of halogens is 2. The zero-order chi connectivity index (χ0) is 14.5. The molecule has 2 rings (SSSR count). The molecule has 0 radical (unpaired) electrons. The summed E-state index contributed by atoms with van der Waals surface area (Å²) in [5.41, 5.74) is 1.39. The molecule has 0 aliphatic rings. The van der Waals surface area contributed by atoms with Gasteiger partial charge in [-0.25, -0.2) is 9.07 Å². The molecular formula is C14H18ClFN4. The topological polar surface area (TPSA) is 42.7 Å². The summed E-state index contributed by atoms with van der Waals surface area (Å²) in [5.74, 6) is 0.265. The Balaban J connectivity index is 1.95. The van der Waals surface area contributed by atoms with Crippen molar-refractivity contribution in [3.63, 3.8) is 0 Å². The Kier molecular flexibility index (Phi) is 5.09. The van der Waals surface area contributed by atoms with Crippen LogP contribution in [0.4, 0.5) is 4.39 Å². The highest BCUT2D eigenvalue weighted by atomic mass is 35.5. The molecule has 4 nitrogen and oxygen atoms in total. The molecule has 0 fully saturated rings. The molecule has 1 N–H and O–H groups in total. The predicted molar refractivity (Wildman–Crippen MR) is 77.1 cm³/mol. The molecule has 1 heterocycles. The molecule has 1 aromatic heterocycles. The van der Waals surface area contributed by atoms with Gasteiger partial charge in [-0.05, 0) is 24.6 Å². The smallest absolute Gasteiger partial charge is 0.129 e. The first kappa shape index (κ1) is 14.9. The van der Waals surface area contributed by atoms with Crippen molar-refractivity contribution >= 4 is 11.6 Å². The van der Waals surface area contributed by atoms with E-state index in [1.165, 1.54) is 6.07 Å². The van der Waals surface area contributed by atoms with Gasteiger partial charge >= 0.3 is 0 Å². The first-order valence-electron chi connectivity index (χ1n) is 6.58. The van der Waals surface area contributed by atoms with Gasteiger partial charge in [-0.1, -0.05) is 36.7 Å². The molecule has 0 bridgehead atoms. The summed E-state index contributed by atoms with van der Waals surface area (Å²) in [7, 11) is 0. The average Bonchev–Trinajstić information content (AvgIpc) is 2.80. The van der Waals surface area contributed by atoms with Crippen LogP contribution in [0.3, 0.4) is 0 Å². The Bertz CT molecular complexity index is 568. The Morgan fingerprint density at radius 1 is 1.40 bits per heavy atom. The van der Waals surface area contributed by atoms with Crippen molar-refractivity contribution in [1.29, 1.82) is 0 Å². The Morgan fingerprint density at radius 3 is 2.90 bits per heavy atom. The van der Waals surface area contributed by atoms with Gasteiger partial charge in [0.1, 0.15) is 5.82 Å². The van der Waals surface area contributed by atoms with Gasteiger partial charge in [0, 0.05) is 17.1 Å². The normalized spacial score (nSPS) is 11.2. The third-order valence-corrected chi connectivity index (χ3v) is 3.03. The van der Waals surface area contributed by atoms with E-state index in [1.54, 1.807) is 16.8 Å². The lowest BCUT2D eigenvalue weighted by molar-refractivity contribution is 0.548. The summed E-state index contributed by atoms with van der Waals surface area (Å²) < 4.78 is 15.3. The van der Waals surface area contributed by atoms with Crippen LogP contribution in [-0.4, -0.2) is 21.5 Å². The van der Waals surface area contributed by atoms with Crippen molar-refractivity contribution in [2.24, 2.45) is 5.92 Å². The van der Waals surface area contributed by atoms with E-state index >= 15 is 0 Å². The minimum Gasteiger partial charge on any atom is -0.311 e. The number of nitrogens with zero attached hydrogens (tertiary/aromatic N) is 3. The number of hydrogen-bond acceptors (Lipinski definition) is 3. The van der Waals surface area contributed by atoms with Crippen LogP contribution >= 0.6 is 11.6 Å². The minimum absolute atomic E-state index is 0.326. The summed E-state index contributed by atoms with van der Waals surface area (Å²) in [5, 5.41) is 11.7. The third-order valence-electron chi connectivity index (χ3n) is 2.79. The summed E-state index contributed by atoms with van der Waals surface area (Å²) >= 11 is 5.72. The van der Waals surface area contributed by atoms with Crippen LogP contribution in [0, 0.1) is 11.7 Å². The molecule has 6 heteroatoms. The number of nitrogens with one attached hydrogen (secondary N) is 1. The lowest BCUT2D eigenvalue weighted by atomic mass is 10.2. The predicted octanol–water partition coefficient (Wildman–Crippen LogP) is 2.86. The summed E-state index contributed by atoms with van der Waals surface area (Å²) in [6, 6.07) is 4.64. The van der Waals surface area contributed by atoms with Crippen LogP contribution in [0.2, 0.25) is 5.02 Å². The van der Waals surface area contributed by atoms with Crippen molar-refractivity contribution in [1.82, 2.24) is 20.3 Å². The van der Waals surface area contributed by atoms with E-state index in [-0.39, 0.29) is 5.82 Å². The number of hydrogen-bond donors (Lipinski definition) is 1. The van der Waals surface area contributed by atoms with Gasteiger partial charge in [-0.2, -0.15) is 0 Å². The van der Waals surface area contributed by atoms with Crippen LogP contribution in [0.1, 0.15) is 25.1 Å². The zero-order valence-electron chi connectivity index (χ0n) is 11.6. The highest BCUT2D eigenvalue weighted by Crippen LogP contribution is 2.15. The van der Waals surface area contributed by atoms with E-state index in [9.17, 15) is 4.39 Å². The lowest BCUT2D eigenvalue weighted by Gasteiger charge is -2.04. The van der Waals surface area contributed by atoms with Crippen molar-refractivity contribution in [3.05, 3.63) is 46.5 Å². The van der Waals surface area contributed by atoms with Gasteiger partial charge in [0.2, 0.25) is 0 Å². The van der Waals surface area contributed by atoms with Crippen LogP contribution in [0.5, 0.6) is 0 Å². The third kappa shape index (κ3) is 4.28. The van der Waals surface area contributed by atoms with E-state index in [2.05, 4.69) is 29.5 Å². The van der Waals surface area contributed by atoms with Gasteiger partial charge in [0.15, 0.2) is 0 Å². The Hall–Kier alpha value is -1.46. The molecule has 2 aromatic rings. The Morgan fingerprint density at radius 2 is 2.20 bits per heavy atom. The molecule has 0 saturated carbocycles. The monoisotopic (exact) mass is 296 g/mol. The van der Waals surface area contributed by atoms with Gasteiger partial charge in [-0.15, -0.1) is 5.10 Å². The van der Waals surface area contributed by atoms with Crippen molar-refractivity contribution in [2.75, 3.05) is 6.54 Å². The van der Waals surface area contributed by atoms with E-state index in [4.69, 9.17) is 11.6 Å². The largest absolute Gasteiger partial charge is 0.311 e. The fourth-order valence-corrected chi connectivity index (χ4v) is 1.97. The molecule has 0 amide bonds. The first-order chi connectivity index (χ1) is 9.54. The second kappa shape index (κ2) is 6.81. The van der Waals surface area contributed by atoms with E-state index in [0.29, 0.717) is 29.6 Å². The number of aromatic nitrogens is 3. The fourth-order valence-electron chi connectivity index (χ4n) is 1.81. The molecule has 108 valence electrons. The van der Waals surface area contributed by atoms with Crippen molar-refractivity contribution < 1.29 is 4.39 Å². The highest BCUT2D eigenvalue weighted by molar-refractivity contribution is 6.30. The molecule has 0 unspecified atom stereocenters. The van der Waals surface area contributed by atoms with Gasteiger partial charge in [0.25, 0.3) is 0 Å². The summed E-state index contributed by atoms with van der Waals surface area (Å²) in [6.07, 6.45) is 1.82. The second-order valence-electron chi connectivity index (χ2n) is 5.17. The molecular weight excluding hydrogens is 279 g/mol. The van der Waals surface area contributed by atoms with Gasteiger partial charge in [-0.3, -0.25) is 0 Å². The van der Waals surface area contributed by atoms with E-state index in [1.807, 2.05) is 6.20 Å². The van der Waals surface area contributed by atoms with E-state index in [0.717, 1.165) is 12.2 Å². The zero-order valence-corrected chi connectivity index (χ0v) is 12.4. The van der Waals surface area contributed by atoms with Crippen LogP contribution in [0.15, 0.2) is 24.4 Å². The molecule has 0 spiro atoms. The van der Waals surface area contributed by atoms with Crippen molar-refractivity contribution in [2.45, 2.75) is 26.9 Å². The number of rotatable bonds is 6. The molecule has 1 aromatic carbocycles. The summed E-state index contributed by atoms with van der Waals surface area (Å²) in [4.78, 5) is 0. The van der Waals surface area contributed by atoms with Crippen LogP contribution in [-0.2, 0) is 13.1 Å². The standard InChI is InChI=1S/C14H18ClFN4/c1-10(2)6-17-7-13-9-20(19-18-13)8-11-3-4-12(15)5-14(11)16/h3-5,9-10,17H,6-8H2,1-2H3. The van der Waals surface area contributed by atoms with Gasteiger partial charge in [0.05, 0.1) is 18.4 Å². The SMILES string of the molecule is CC(C)CNCc1cn(Cc2ccc(Cl)cc2F)nn1. The maximum absolute atomic E-state index is 13.7. The maximum Gasteiger partial charge on any atom is 0.129 e. The summed E-state index contributed by atoms with van der Waals surface area (Å²) in [6.45, 7) is 6.24. The van der Waals surface area contributed by atoms with Crippen molar-refractivity contribution in [3.8, 4) is 0 Å². The van der Waals surface area contributed by atoms with Crippen LogP contribution in [0.25, 0.3) is 0 Å². The Labute approximate surface area is 122 Å². The first-order valence-corrected chi connectivity index (χ1v) is 6.96. The molecule has 0 aliphatic heterocycles. The fraction of sp³-hybridized carbons (Fsp3) is 0.429. The molecule has 0 atom stereocenters. The quantitative estimate of drug-likeness (QED) is 0.891. The van der Waals surface area contributed by atoms with Crippen LogP contribution < -0.4 is 5.32 Å². The molecule has 20 heavy (non-hydrogen) atoms. The molecule has 0 aliphatic carbocycles. The lowest BCUT2D eigenvalue weighted by Crippen LogP contribution is -2.19. The van der Waals surface area contributed by atoms with Gasteiger partial charge < -0.3 is 5.32 Å². The average molecular weight is 297 g/mol. The number of benzene rings is 1. The minimum atomic E-state index is -0.326. The second-order valence-corrected chi connectivity index (χ2v) is 5.60. The highest BCUT2D eigenvalue weighted by Gasteiger charge is 2.06. The maximum atomic E-state index is 13.7.